The number of carbonyl (C=O) groups is 1. The minimum Gasteiger partial charge on any atom is -0.395 e. The van der Waals surface area contributed by atoms with Crippen molar-refractivity contribution >= 4 is 5.91 Å². The van der Waals surface area contributed by atoms with Crippen LogP contribution in [0.5, 0.6) is 0 Å². The lowest BCUT2D eigenvalue weighted by molar-refractivity contribution is -0.143. The van der Waals surface area contributed by atoms with Crippen molar-refractivity contribution in [3.63, 3.8) is 0 Å². The second-order valence-corrected chi connectivity index (χ2v) is 5.00. The molecule has 1 amide bonds. The van der Waals surface area contributed by atoms with Gasteiger partial charge < -0.3 is 15.3 Å². The molecule has 0 aliphatic carbocycles. The van der Waals surface area contributed by atoms with Crippen molar-refractivity contribution in [2.24, 2.45) is 11.3 Å². The summed E-state index contributed by atoms with van der Waals surface area (Å²) >= 11 is 0. The molecular weight excluding hydrogens is 216 g/mol. The molecule has 0 aromatic heterocycles. The second-order valence-electron chi connectivity index (χ2n) is 5.00. The minimum absolute atomic E-state index is 0.00117. The number of aliphatic hydroxyl groups excluding tert-OH is 1. The fourth-order valence-electron chi connectivity index (χ4n) is 2.50. The van der Waals surface area contributed by atoms with Gasteiger partial charge in [0.25, 0.3) is 0 Å². The van der Waals surface area contributed by atoms with Crippen LogP contribution in [0.25, 0.3) is 0 Å². The molecule has 2 N–H and O–H groups in total. The Balaban J connectivity index is 2.85. The Bertz CT molecular complexity index is 271. The lowest BCUT2D eigenvalue weighted by Crippen LogP contribution is -2.49. The highest BCUT2D eigenvalue weighted by molar-refractivity contribution is 5.84. The van der Waals surface area contributed by atoms with Crippen molar-refractivity contribution in [3.05, 3.63) is 12.7 Å². The molecule has 0 spiro atoms. The van der Waals surface area contributed by atoms with E-state index < -0.39 is 0 Å². The van der Waals surface area contributed by atoms with Gasteiger partial charge in [0.2, 0.25) is 5.91 Å². The maximum absolute atomic E-state index is 12.6. The lowest BCUT2D eigenvalue weighted by atomic mass is 9.75. The summed E-state index contributed by atoms with van der Waals surface area (Å²) < 4.78 is 0. The molecule has 0 aromatic rings. The number of amides is 1. The van der Waals surface area contributed by atoms with Crippen molar-refractivity contribution in [1.29, 1.82) is 0 Å². The zero-order valence-electron chi connectivity index (χ0n) is 10.9. The molecule has 1 unspecified atom stereocenters. The normalized spacial score (nSPS) is 24.0. The summed E-state index contributed by atoms with van der Waals surface area (Å²) in [5.41, 5.74) is -0.307. The van der Waals surface area contributed by atoms with Gasteiger partial charge in [0.15, 0.2) is 0 Å². The Kier molecular flexibility index (Phi) is 5.15. The van der Waals surface area contributed by atoms with E-state index in [-0.39, 0.29) is 17.9 Å². The molecule has 1 saturated heterocycles. The van der Waals surface area contributed by atoms with Crippen LogP contribution >= 0.6 is 0 Å². The van der Waals surface area contributed by atoms with E-state index in [1.807, 2.05) is 0 Å². The predicted molar refractivity (Wildman–Crippen MR) is 68.6 cm³/mol. The number of hydrogen-bond donors (Lipinski definition) is 2. The topological polar surface area (TPSA) is 52.6 Å². The molecule has 0 bridgehead atoms. The summed E-state index contributed by atoms with van der Waals surface area (Å²) in [6.07, 6.45) is 2.59. The van der Waals surface area contributed by atoms with E-state index in [2.05, 4.69) is 25.7 Å². The monoisotopic (exact) mass is 240 g/mol. The molecule has 1 fully saturated rings. The second kappa shape index (κ2) is 6.17. The number of nitrogens with one attached hydrogen (secondary N) is 1. The third kappa shape index (κ3) is 2.87. The molecule has 0 saturated carbocycles. The highest BCUT2D eigenvalue weighted by atomic mass is 16.3. The van der Waals surface area contributed by atoms with Crippen molar-refractivity contribution in [3.8, 4) is 0 Å². The lowest BCUT2D eigenvalue weighted by Gasteiger charge is -2.36. The van der Waals surface area contributed by atoms with Crippen molar-refractivity contribution < 1.29 is 9.90 Å². The minimum atomic E-state index is -0.307. The van der Waals surface area contributed by atoms with Crippen LogP contribution in [0.15, 0.2) is 12.7 Å². The molecule has 1 atom stereocenters. The Hall–Kier alpha value is -0.870. The zero-order valence-corrected chi connectivity index (χ0v) is 10.9. The summed E-state index contributed by atoms with van der Waals surface area (Å²) in [7, 11) is 0. The molecule has 4 heteroatoms. The maximum Gasteiger partial charge on any atom is 0.230 e. The van der Waals surface area contributed by atoms with Gasteiger partial charge in [-0.2, -0.15) is 0 Å². The van der Waals surface area contributed by atoms with Gasteiger partial charge in [-0.25, -0.2) is 0 Å². The Morgan fingerprint density at radius 1 is 1.65 bits per heavy atom. The number of nitrogens with zero attached hydrogens (tertiary/aromatic N) is 1. The molecule has 17 heavy (non-hydrogen) atoms. The van der Waals surface area contributed by atoms with Crippen LogP contribution in [0.2, 0.25) is 0 Å². The number of carbonyl (C=O) groups excluding carboxylic acids is 1. The van der Waals surface area contributed by atoms with E-state index in [0.29, 0.717) is 19.0 Å². The van der Waals surface area contributed by atoms with Gasteiger partial charge >= 0.3 is 0 Å². The predicted octanol–water partition coefficient (Wildman–Crippen LogP) is 0.629. The first-order chi connectivity index (χ1) is 8.08. The van der Waals surface area contributed by atoms with Crippen LogP contribution in [0.1, 0.15) is 20.3 Å². The average Bonchev–Trinajstić information content (AvgIpc) is 2.78. The molecule has 1 heterocycles. The van der Waals surface area contributed by atoms with Gasteiger partial charge in [-0.15, -0.1) is 6.58 Å². The van der Waals surface area contributed by atoms with Crippen LogP contribution in [-0.4, -0.2) is 48.7 Å². The highest BCUT2D eigenvalue weighted by Gasteiger charge is 2.45. The third-order valence-corrected chi connectivity index (χ3v) is 3.73. The van der Waals surface area contributed by atoms with Crippen molar-refractivity contribution in [1.82, 2.24) is 10.2 Å². The molecule has 0 radical (unpaired) electrons. The van der Waals surface area contributed by atoms with Crippen LogP contribution in [-0.2, 0) is 4.79 Å². The van der Waals surface area contributed by atoms with Gasteiger partial charge in [0.1, 0.15) is 0 Å². The van der Waals surface area contributed by atoms with E-state index in [1.54, 1.807) is 11.0 Å². The number of rotatable bonds is 6. The van der Waals surface area contributed by atoms with Crippen LogP contribution in [0.4, 0.5) is 0 Å². The first-order valence-corrected chi connectivity index (χ1v) is 6.30. The first-order valence-electron chi connectivity index (χ1n) is 6.30. The number of aliphatic hydroxyl groups is 1. The molecule has 1 rings (SSSR count). The SMILES string of the molecule is C=CCN(CCO)C(=O)C1(C(C)C)CCNC1. The zero-order chi connectivity index (χ0) is 12.9. The van der Waals surface area contributed by atoms with Gasteiger partial charge in [-0.05, 0) is 18.9 Å². The van der Waals surface area contributed by atoms with Gasteiger partial charge in [0, 0.05) is 19.6 Å². The van der Waals surface area contributed by atoms with Crippen LogP contribution in [0.3, 0.4) is 0 Å². The quantitative estimate of drug-likeness (QED) is 0.670. The van der Waals surface area contributed by atoms with Crippen molar-refractivity contribution in [2.45, 2.75) is 20.3 Å². The first kappa shape index (κ1) is 14.2. The Morgan fingerprint density at radius 2 is 2.35 bits per heavy atom. The fraction of sp³-hybridized carbons (Fsp3) is 0.769. The molecule has 1 aliphatic heterocycles. The largest absolute Gasteiger partial charge is 0.395 e. The molecular formula is C13H24N2O2. The van der Waals surface area contributed by atoms with E-state index in [4.69, 9.17) is 5.11 Å². The van der Waals surface area contributed by atoms with Gasteiger partial charge in [0.05, 0.1) is 12.0 Å². The van der Waals surface area contributed by atoms with E-state index >= 15 is 0 Å². The molecule has 0 aromatic carbocycles. The summed E-state index contributed by atoms with van der Waals surface area (Å²) in [6.45, 7) is 10.4. The van der Waals surface area contributed by atoms with Gasteiger partial charge in [-0.1, -0.05) is 19.9 Å². The summed E-state index contributed by atoms with van der Waals surface area (Å²) in [5.74, 6) is 0.447. The number of hydrogen-bond acceptors (Lipinski definition) is 3. The summed E-state index contributed by atoms with van der Waals surface area (Å²) in [4.78, 5) is 14.3. The van der Waals surface area contributed by atoms with Crippen LogP contribution < -0.4 is 5.32 Å². The molecule has 98 valence electrons. The fourth-order valence-corrected chi connectivity index (χ4v) is 2.50. The Labute approximate surface area is 104 Å². The van der Waals surface area contributed by atoms with E-state index in [9.17, 15) is 4.79 Å². The van der Waals surface area contributed by atoms with Gasteiger partial charge in [-0.3, -0.25) is 4.79 Å². The molecule has 1 aliphatic rings. The van der Waals surface area contributed by atoms with E-state index in [0.717, 1.165) is 19.5 Å². The summed E-state index contributed by atoms with van der Waals surface area (Å²) in [5, 5.41) is 12.3. The average molecular weight is 240 g/mol. The van der Waals surface area contributed by atoms with Crippen molar-refractivity contribution in [2.75, 3.05) is 32.8 Å². The summed E-state index contributed by atoms with van der Waals surface area (Å²) in [6, 6.07) is 0. The maximum atomic E-state index is 12.6. The third-order valence-electron chi connectivity index (χ3n) is 3.73. The highest BCUT2D eigenvalue weighted by Crippen LogP contribution is 2.36. The Morgan fingerprint density at radius 3 is 2.76 bits per heavy atom. The standard InChI is InChI=1S/C13H24N2O2/c1-4-7-15(8-9-16)12(17)13(11(2)3)5-6-14-10-13/h4,11,14,16H,1,5-10H2,2-3H3. The molecule has 4 nitrogen and oxygen atoms in total. The van der Waals surface area contributed by atoms with Crippen LogP contribution in [0, 0.1) is 11.3 Å². The van der Waals surface area contributed by atoms with E-state index in [1.165, 1.54) is 0 Å². The smallest absolute Gasteiger partial charge is 0.230 e.